The van der Waals surface area contributed by atoms with Gasteiger partial charge in [0.15, 0.2) is 0 Å². The lowest BCUT2D eigenvalue weighted by molar-refractivity contribution is -0.0374. The van der Waals surface area contributed by atoms with Gasteiger partial charge in [-0.25, -0.2) is 9.97 Å². The van der Waals surface area contributed by atoms with E-state index in [1.54, 1.807) is 12.4 Å². The van der Waals surface area contributed by atoms with Crippen molar-refractivity contribution in [3.63, 3.8) is 0 Å². The smallest absolute Gasteiger partial charge is 0.254 e. The fourth-order valence-corrected chi connectivity index (χ4v) is 4.16. The van der Waals surface area contributed by atoms with E-state index in [0.29, 0.717) is 28.5 Å². The van der Waals surface area contributed by atoms with Crippen molar-refractivity contribution < 1.29 is 4.79 Å². The van der Waals surface area contributed by atoms with Crippen molar-refractivity contribution in [2.24, 2.45) is 17.3 Å². The Morgan fingerprint density at radius 3 is 3.00 bits per heavy atom. The van der Waals surface area contributed by atoms with Crippen molar-refractivity contribution in [3.8, 4) is 0 Å². The minimum atomic E-state index is -0.0775. The fraction of sp³-hybridized carbons (Fsp3) is 0.471. The third-order valence-electron chi connectivity index (χ3n) is 5.79. The summed E-state index contributed by atoms with van der Waals surface area (Å²) in [5, 5.41) is 3.90. The van der Waals surface area contributed by atoms with Gasteiger partial charge in [-0.15, -0.1) is 0 Å². The molecule has 0 radical (unpaired) electrons. The second-order valence-electron chi connectivity index (χ2n) is 7.13. The molecule has 2 aromatic rings. The molecule has 3 aliphatic carbocycles. The van der Waals surface area contributed by atoms with E-state index in [4.69, 9.17) is 0 Å². The molecule has 1 amide bonds. The van der Waals surface area contributed by atoms with Crippen LogP contribution < -0.4 is 5.32 Å². The van der Waals surface area contributed by atoms with E-state index in [0.717, 1.165) is 11.8 Å². The Kier molecular flexibility index (Phi) is 2.71. The molecule has 3 aliphatic rings. The summed E-state index contributed by atoms with van der Waals surface area (Å²) in [4.78, 5) is 23.7. The highest BCUT2D eigenvalue weighted by Gasteiger charge is 2.54. The van der Waals surface area contributed by atoms with Crippen LogP contribution in [0, 0.1) is 17.3 Å². The van der Waals surface area contributed by atoms with Crippen LogP contribution in [0.3, 0.4) is 0 Å². The molecule has 22 heavy (non-hydrogen) atoms. The molecule has 3 saturated carbocycles. The average molecular weight is 296 g/mol. The first kappa shape index (κ1) is 13.5. The van der Waals surface area contributed by atoms with Crippen LogP contribution in [0.5, 0.6) is 0 Å². The Morgan fingerprint density at radius 2 is 2.27 bits per heavy atom. The molecule has 0 aromatic carbocycles. The maximum absolute atomic E-state index is 12.6. The van der Waals surface area contributed by atoms with Crippen molar-refractivity contribution in [2.75, 3.05) is 0 Å². The SMILES string of the molecule is C=C1C(NC(=O)c2c[nH]c3ncncc23)C[C@H]2C[C@@H]1C2(C)C. The number of fused-ring (bicyclic) bond motifs is 3. The van der Waals surface area contributed by atoms with Crippen LogP contribution >= 0.6 is 0 Å². The molecule has 1 unspecified atom stereocenters. The maximum Gasteiger partial charge on any atom is 0.254 e. The minimum Gasteiger partial charge on any atom is -0.345 e. The Balaban J connectivity index is 1.55. The molecule has 2 heterocycles. The van der Waals surface area contributed by atoms with Crippen LogP contribution in [-0.2, 0) is 0 Å². The molecular weight excluding hydrogens is 276 g/mol. The second-order valence-corrected chi connectivity index (χ2v) is 7.13. The van der Waals surface area contributed by atoms with Gasteiger partial charge in [0.25, 0.3) is 5.91 Å². The number of carbonyl (C=O) groups is 1. The Labute approximate surface area is 129 Å². The Bertz CT molecular complexity index is 776. The lowest BCUT2D eigenvalue weighted by Crippen LogP contribution is -2.57. The van der Waals surface area contributed by atoms with Gasteiger partial charge in [-0.1, -0.05) is 26.0 Å². The van der Waals surface area contributed by atoms with Crippen molar-refractivity contribution in [1.82, 2.24) is 20.3 Å². The van der Waals surface area contributed by atoms with Crippen LogP contribution in [0.25, 0.3) is 11.0 Å². The summed E-state index contributed by atoms with van der Waals surface area (Å²) in [6.45, 7) is 8.88. The number of hydrogen-bond acceptors (Lipinski definition) is 3. The summed E-state index contributed by atoms with van der Waals surface area (Å²) >= 11 is 0. The van der Waals surface area contributed by atoms with Gasteiger partial charge in [0.2, 0.25) is 0 Å². The Hall–Kier alpha value is -2.17. The quantitative estimate of drug-likeness (QED) is 0.837. The van der Waals surface area contributed by atoms with E-state index in [2.05, 4.69) is 40.7 Å². The first-order valence-corrected chi connectivity index (χ1v) is 7.75. The van der Waals surface area contributed by atoms with Gasteiger partial charge >= 0.3 is 0 Å². The van der Waals surface area contributed by atoms with E-state index in [1.165, 1.54) is 18.3 Å². The summed E-state index contributed by atoms with van der Waals surface area (Å²) in [5.41, 5.74) is 2.80. The van der Waals surface area contributed by atoms with Gasteiger partial charge in [-0.3, -0.25) is 4.79 Å². The number of nitrogens with one attached hydrogen (secondary N) is 2. The predicted molar refractivity (Wildman–Crippen MR) is 84.3 cm³/mol. The molecule has 2 aromatic heterocycles. The molecule has 0 saturated heterocycles. The highest BCUT2D eigenvalue weighted by Crippen LogP contribution is 2.60. The van der Waals surface area contributed by atoms with Crippen LogP contribution in [0.1, 0.15) is 37.0 Å². The van der Waals surface area contributed by atoms with E-state index in [1.807, 2.05) is 0 Å². The van der Waals surface area contributed by atoms with Crippen LogP contribution in [0.4, 0.5) is 0 Å². The van der Waals surface area contributed by atoms with Crippen molar-refractivity contribution in [1.29, 1.82) is 0 Å². The summed E-state index contributed by atoms with van der Waals surface area (Å²) in [6, 6.07) is 0.0823. The number of H-pyrrole nitrogens is 1. The van der Waals surface area contributed by atoms with Gasteiger partial charge in [-0.05, 0) is 30.1 Å². The standard InChI is InChI=1S/C17H20N4O/c1-9-13-4-10(17(13,2)3)5-14(9)21-16(22)12-7-19-15-11(12)6-18-8-20-15/h6-8,10,13-14H,1,4-5H2,2-3H3,(H,21,22)(H,18,19,20)/t10-,13+,14?/m1/s1. The van der Waals surface area contributed by atoms with Gasteiger partial charge in [0.05, 0.1) is 11.6 Å². The largest absolute Gasteiger partial charge is 0.345 e. The van der Waals surface area contributed by atoms with Crippen molar-refractivity contribution >= 4 is 16.9 Å². The van der Waals surface area contributed by atoms with Crippen molar-refractivity contribution in [2.45, 2.75) is 32.7 Å². The molecule has 2 N–H and O–H groups in total. The number of hydrogen-bond donors (Lipinski definition) is 2. The average Bonchev–Trinajstić information content (AvgIpc) is 2.92. The van der Waals surface area contributed by atoms with E-state index in [9.17, 15) is 4.79 Å². The van der Waals surface area contributed by atoms with Gasteiger partial charge in [-0.2, -0.15) is 0 Å². The van der Waals surface area contributed by atoms with E-state index in [-0.39, 0.29) is 11.9 Å². The number of amides is 1. The molecule has 5 nitrogen and oxygen atoms in total. The second kappa shape index (κ2) is 4.41. The summed E-state index contributed by atoms with van der Waals surface area (Å²) in [6.07, 6.45) is 7.06. The highest BCUT2D eigenvalue weighted by molar-refractivity contribution is 6.05. The topological polar surface area (TPSA) is 70.7 Å². The number of aromatic amines is 1. The van der Waals surface area contributed by atoms with Crippen LogP contribution in [0.15, 0.2) is 30.9 Å². The number of nitrogens with zero attached hydrogens (tertiary/aromatic N) is 2. The zero-order chi connectivity index (χ0) is 15.5. The molecule has 5 rings (SSSR count). The zero-order valence-electron chi connectivity index (χ0n) is 12.9. The first-order valence-electron chi connectivity index (χ1n) is 7.75. The lowest BCUT2D eigenvalue weighted by Gasteiger charge is -2.60. The normalized spacial score (nSPS) is 29.2. The monoisotopic (exact) mass is 296 g/mol. The number of rotatable bonds is 2. The fourth-order valence-electron chi connectivity index (χ4n) is 4.16. The molecule has 0 aliphatic heterocycles. The van der Waals surface area contributed by atoms with Gasteiger partial charge in [0.1, 0.15) is 12.0 Å². The third-order valence-corrected chi connectivity index (χ3v) is 5.79. The maximum atomic E-state index is 12.6. The first-order chi connectivity index (χ1) is 10.5. The highest BCUT2D eigenvalue weighted by atomic mass is 16.1. The summed E-state index contributed by atoms with van der Waals surface area (Å²) in [5.74, 6) is 1.13. The summed E-state index contributed by atoms with van der Waals surface area (Å²) < 4.78 is 0. The molecule has 3 fully saturated rings. The Morgan fingerprint density at radius 1 is 1.45 bits per heavy atom. The molecular formula is C17H20N4O. The predicted octanol–water partition coefficient (Wildman–Crippen LogP) is 2.68. The van der Waals surface area contributed by atoms with Gasteiger partial charge < -0.3 is 10.3 Å². The van der Waals surface area contributed by atoms with Gasteiger partial charge in [0, 0.05) is 17.8 Å². The van der Waals surface area contributed by atoms with Crippen LogP contribution in [-0.4, -0.2) is 26.9 Å². The molecule has 3 atom stereocenters. The van der Waals surface area contributed by atoms with Crippen LogP contribution in [0.2, 0.25) is 0 Å². The molecule has 114 valence electrons. The number of aromatic nitrogens is 3. The van der Waals surface area contributed by atoms with Crippen molar-refractivity contribution in [3.05, 3.63) is 36.4 Å². The summed E-state index contributed by atoms with van der Waals surface area (Å²) in [7, 11) is 0. The van der Waals surface area contributed by atoms with E-state index >= 15 is 0 Å². The van der Waals surface area contributed by atoms with E-state index < -0.39 is 0 Å². The minimum absolute atomic E-state index is 0.0775. The third kappa shape index (κ3) is 1.74. The zero-order valence-corrected chi connectivity index (χ0v) is 12.9. The molecule has 0 spiro atoms. The lowest BCUT2D eigenvalue weighted by atomic mass is 9.46. The molecule has 5 heteroatoms. The molecule has 2 bridgehead atoms. The number of carbonyl (C=O) groups excluding carboxylic acids is 1.